The predicted octanol–water partition coefficient (Wildman–Crippen LogP) is 2.36. The lowest BCUT2D eigenvalue weighted by molar-refractivity contribution is -0.135. The fraction of sp³-hybridized carbons (Fsp3) is 0.333. The molecular formula is C12H11F3N2O. The van der Waals surface area contributed by atoms with Gasteiger partial charge in [-0.3, -0.25) is 4.79 Å². The first-order valence-corrected chi connectivity index (χ1v) is 5.23. The lowest BCUT2D eigenvalue weighted by Crippen LogP contribution is -2.31. The normalized spacial score (nSPS) is 12.6. The van der Waals surface area contributed by atoms with Gasteiger partial charge in [0.15, 0.2) is 0 Å². The van der Waals surface area contributed by atoms with E-state index in [-0.39, 0.29) is 0 Å². The average molecular weight is 256 g/mol. The minimum absolute atomic E-state index is 0.463. The molecule has 0 aliphatic heterocycles. The Balaban J connectivity index is 2.57. The molecule has 3 nitrogen and oxygen atoms in total. The molecule has 0 heterocycles. The van der Waals surface area contributed by atoms with Crippen molar-refractivity contribution in [3.63, 3.8) is 0 Å². The molecule has 1 amide bonds. The molecule has 1 atom stereocenters. The molecule has 96 valence electrons. The monoisotopic (exact) mass is 256 g/mol. The van der Waals surface area contributed by atoms with Crippen LogP contribution in [0.5, 0.6) is 0 Å². The van der Waals surface area contributed by atoms with Crippen LogP contribution in [0.1, 0.15) is 17.9 Å². The summed E-state index contributed by atoms with van der Waals surface area (Å²) in [5.41, 5.74) is 0.463. The van der Waals surface area contributed by atoms with E-state index in [2.05, 4.69) is 5.32 Å². The summed E-state index contributed by atoms with van der Waals surface area (Å²) < 4.78 is 35.7. The maximum absolute atomic E-state index is 11.9. The first-order chi connectivity index (χ1) is 8.44. The first kappa shape index (κ1) is 14.0. The third-order valence-electron chi connectivity index (χ3n) is 2.23. The van der Waals surface area contributed by atoms with Gasteiger partial charge in [-0.1, -0.05) is 30.3 Å². The molecule has 0 aromatic heterocycles. The van der Waals surface area contributed by atoms with E-state index >= 15 is 0 Å². The number of halogens is 3. The molecule has 0 radical (unpaired) electrons. The molecule has 0 fully saturated rings. The summed E-state index contributed by atoms with van der Waals surface area (Å²) in [4.78, 5) is 11.6. The number of benzene rings is 1. The largest absolute Gasteiger partial charge is 0.390 e. The van der Waals surface area contributed by atoms with Gasteiger partial charge in [0, 0.05) is 6.54 Å². The summed E-state index contributed by atoms with van der Waals surface area (Å²) in [5.74, 6) is -1.80. The molecule has 0 saturated heterocycles. The van der Waals surface area contributed by atoms with Crippen molar-refractivity contribution in [1.82, 2.24) is 5.32 Å². The van der Waals surface area contributed by atoms with Crippen molar-refractivity contribution in [3.8, 4) is 6.07 Å². The fourth-order valence-electron chi connectivity index (χ4n) is 1.36. The Labute approximate surface area is 102 Å². The fourth-order valence-corrected chi connectivity index (χ4v) is 1.36. The van der Waals surface area contributed by atoms with Crippen LogP contribution in [0.25, 0.3) is 0 Å². The van der Waals surface area contributed by atoms with E-state index in [0.29, 0.717) is 5.56 Å². The summed E-state index contributed by atoms with van der Waals surface area (Å²) in [5, 5.41) is 11.0. The zero-order valence-corrected chi connectivity index (χ0v) is 9.37. The highest BCUT2D eigenvalue weighted by atomic mass is 19.4. The highest BCUT2D eigenvalue weighted by molar-refractivity contribution is 5.86. The predicted molar refractivity (Wildman–Crippen MR) is 58.5 cm³/mol. The number of nitriles is 1. The van der Waals surface area contributed by atoms with Gasteiger partial charge in [0.25, 0.3) is 0 Å². The summed E-state index contributed by atoms with van der Waals surface area (Å²) in [7, 11) is 0. The first-order valence-electron chi connectivity index (χ1n) is 5.23. The molecule has 1 aromatic rings. The number of carbonyl (C=O) groups is 1. The van der Waals surface area contributed by atoms with Crippen molar-refractivity contribution < 1.29 is 18.0 Å². The van der Waals surface area contributed by atoms with E-state index in [1.165, 1.54) is 0 Å². The van der Waals surface area contributed by atoms with E-state index in [9.17, 15) is 18.0 Å². The Hall–Kier alpha value is -2.03. The van der Waals surface area contributed by atoms with E-state index < -0.39 is 31.0 Å². The van der Waals surface area contributed by atoms with Crippen LogP contribution in [0.15, 0.2) is 30.3 Å². The molecule has 18 heavy (non-hydrogen) atoms. The molecule has 1 unspecified atom stereocenters. The molecule has 6 heteroatoms. The molecule has 0 bridgehead atoms. The number of rotatable bonds is 4. The maximum Gasteiger partial charge on any atom is 0.390 e. The smallest absolute Gasteiger partial charge is 0.354 e. The second-order valence-corrected chi connectivity index (χ2v) is 3.63. The molecular weight excluding hydrogens is 245 g/mol. The van der Waals surface area contributed by atoms with Crippen molar-refractivity contribution >= 4 is 5.91 Å². The number of nitrogens with zero attached hydrogens (tertiary/aromatic N) is 1. The maximum atomic E-state index is 11.9. The van der Waals surface area contributed by atoms with Crippen LogP contribution in [-0.2, 0) is 4.79 Å². The number of alkyl halides is 3. The molecule has 0 spiro atoms. The second-order valence-electron chi connectivity index (χ2n) is 3.63. The van der Waals surface area contributed by atoms with Crippen molar-refractivity contribution in [3.05, 3.63) is 35.9 Å². The highest BCUT2D eigenvalue weighted by Gasteiger charge is 2.27. The quantitative estimate of drug-likeness (QED) is 0.899. The van der Waals surface area contributed by atoms with Crippen LogP contribution in [0, 0.1) is 11.3 Å². The Morgan fingerprint density at radius 3 is 2.44 bits per heavy atom. The summed E-state index contributed by atoms with van der Waals surface area (Å²) >= 11 is 0. The van der Waals surface area contributed by atoms with Crippen molar-refractivity contribution in [2.45, 2.75) is 18.5 Å². The lowest BCUT2D eigenvalue weighted by Gasteiger charge is -2.11. The van der Waals surface area contributed by atoms with Gasteiger partial charge in [-0.05, 0) is 5.56 Å². The Morgan fingerprint density at radius 2 is 1.94 bits per heavy atom. The van der Waals surface area contributed by atoms with Gasteiger partial charge in [-0.15, -0.1) is 0 Å². The number of amides is 1. The molecule has 0 aliphatic rings. The third-order valence-corrected chi connectivity index (χ3v) is 2.23. The van der Waals surface area contributed by atoms with Gasteiger partial charge >= 0.3 is 6.18 Å². The number of hydrogen-bond donors (Lipinski definition) is 1. The van der Waals surface area contributed by atoms with Gasteiger partial charge in [-0.2, -0.15) is 18.4 Å². The van der Waals surface area contributed by atoms with Crippen LogP contribution in [0.4, 0.5) is 13.2 Å². The minimum Gasteiger partial charge on any atom is -0.354 e. The molecule has 1 aromatic carbocycles. The van der Waals surface area contributed by atoms with Gasteiger partial charge < -0.3 is 5.32 Å². The minimum atomic E-state index is -4.32. The topological polar surface area (TPSA) is 52.9 Å². The van der Waals surface area contributed by atoms with Crippen molar-refractivity contribution in [2.24, 2.45) is 0 Å². The van der Waals surface area contributed by atoms with Crippen LogP contribution in [0.3, 0.4) is 0 Å². The van der Waals surface area contributed by atoms with E-state index in [1.54, 1.807) is 36.4 Å². The van der Waals surface area contributed by atoms with Crippen LogP contribution in [0.2, 0.25) is 0 Å². The van der Waals surface area contributed by atoms with Gasteiger partial charge in [0.1, 0.15) is 5.92 Å². The average Bonchev–Trinajstić information content (AvgIpc) is 2.29. The van der Waals surface area contributed by atoms with Crippen molar-refractivity contribution in [2.75, 3.05) is 6.54 Å². The lowest BCUT2D eigenvalue weighted by atomic mass is 10.00. The zero-order chi connectivity index (χ0) is 13.6. The van der Waals surface area contributed by atoms with Gasteiger partial charge in [0.05, 0.1) is 12.5 Å². The Morgan fingerprint density at radius 1 is 1.33 bits per heavy atom. The Kier molecular flexibility index (Phi) is 4.72. The van der Waals surface area contributed by atoms with E-state index in [4.69, 9.17) is 5.26 Å². The third kappa shape index (κ3) is 4.45. The summed E-state index contributed by atoms with van der Waals surface area (Å²) in [6.07, 6.45) is -5.42. The molecule has 0 aliphatic carbocycles. The number of carbonyl (C=O) groups excluding carboxylic acids is 1. The van der Waals surface area contributed by atoms with Crippen LogP contribution < -0.4 is 5.32 Å². The highest BCUT2D eigenvalue weighted by Crippen LogP contribution is 2.19. The van der Waals surface area contributed by atoms with E-state index in [1.807, 2.05) is 0 Å². The molecule has 1 N–H and O–H groups in total. The van der Waals surface area contributed by atoms with Crippen LogP contribution in [-0.4, -0.2) is 18.6 Å². The number of nitrogens with one attached hydrogen (secondary N) is 1. The van der Waals surface area contributed by atoms with Crippen LogP contribution >= 0.6 is 0 Å². The molecule has 0 saturated carbocycles. The second kappa shape index (κ2) is 6.05. The Bertz CT molecular complexity index is 437. The van der Waals surface area contributed by atoms with Gasteiger partial charge in [0.2, 0.25) is 5.91 Å². The van der Waals surface area contributed by atoms with E-state index in [0.717, 1.165) is 0 Å². The van der Waals surface area contributed by atoms with Gasteiger partial charge in [-0.25, -0.2) is 0 Å². The zero-order valence-electron chi connectivity index (χ0n) is 9.37. The summed E-state index contributed by atoms with van der Waals surface area (Å²) in [6, 6.07) is 9.97. The SMILES string of the molecule is N#CC(C(=O)NCCC(F)(F)F)c1ccccc1. The number of hydrogen-bond acceptors (Lipinski definition) is 2. The standard InChI is InChI=1S/C12H11F3N2O/c13-12(14,15)6-7-17-11(18)10(8-16)9-4-2-1-3-5-9/h1-5,10H,6-7H2,(H,17,18). The van der Waals surface area contributed by atoms with Crippen molar-refractivity contribution in [1.29, 1.82) is 5.26 Å². The molecule has 1 rings (SSSR count). The summed E-state index contributed by atoms with van der Waals surface area (Å²) in [6.45, 7) is -0.520.